The Kier molecular flexibility index (Phi) is 4.82. The van der Waals surface area contributed by atoms with Crippen molar-refractivity contribution in [1.82, 2.24) is 29.7 Å². The summed E-state index contributed by atoms with van der Waals surface area (Å²) in [6.45, 7) is 3.89. The van der Waals surface area contributed by atoms with Crippen LogP contribution >= 0.6 is 0 Å². The molecule has 1 aliphatic carbocycles. The molecular weight excluding hydrogens is 320 g/mol. The first-order chi connectivity index (χ1) is 12.2. The number of aliphatic hydroxyl groups is 1. The first-order valence-corrected chi connectivity index (χ1v) is 9.08. The summed E-state index contributed by atoms with van der Waals surface area (Å²) >= 11 is 0. The Morgan fingerprint density at radius 3 is 3.00 bits per heavy atom. The molecule has 1 N–H and O–H groups in total. The van der Waals surface area contributed by atoms with E-state index in [4.69, 9.17) is 4.52 Å². The Hall–Kier alpha value is -1.77. The molecule has 0 aromatic carbocycles. The molecule has 2 fully saturated rings. The molecule has 2 aromatic heterocycles. The van der Waals surface area contributed by atoms with Gasteiger partial charge in [0.2, 0.25) is 5.89 Å². The fraction of sp³-hybridized carbons (Fsp3) is 0.706. The van der Waals surface area contributed by atoms with E-state index in [0.717, 1.165) is 31.2 Å². The van der Waals surface area contributed by atoms with E-state index in [9.17, 15) is 5.11 Å². The van der Waals surface area contributed by atoms with Gasteiger partial charge < -0.3 is 9.63 Å². The number of β-amino-alcohol motifs (C(OH)–C–C–N with tert-alkyl or cyclic N) is 1. The average molecular weight is 346 g/mol. The molecule has 0 unspecified atom stereocenters. The molecular formula is C17H26N6O2. The lowest BCUT2D eigenvalue weighted by molar-refractivity contribution is 0.101. The minimum absolute atomic E-state index is 0.401. The summed E-state index contributed by atoms with van der Waals surface area (Å²) in [4.78, 5) is 9.12. The van der Waals surface area contributed by atoms with E-state index in [0.29, 0.717) is 31.6 Å². The van der Waals surface area contributed by atoms with Gasteiger partial charge in [-0.2, -0.15) is 10.1 Å². The molecule has 0 amide bonds. The Morgan fingerprint density at radius 1 is 1.36 bits per heavy atom. The van der Waals surface area contributed by atoms with Crippen molar-refractivity contribution in [2.45, 2.75) is 50.4 Å². The van der Waals surface area contributed by atoms with E-state index in [-0.39, 0.29) is 0 Å². The summed E-state index contributed by atoms with van der Waals surface area (Å²) in [6, 6.07) is 2.33. The molecule has 1 aliphatic heterocycles. The molecule has 0 radical (unpaired) electrons. The van der Waals surface area contributed by atoms with E-state index in [2.05, 4.69) is 32.1 Å². The molecule has 3 heterocycles. The summed E-state index contributed by atoms with van der Waals surface area (Å²) in [5.74, 6) is 2.09. The van der Waals surface area contributed by atoms with Crippen molar-refractivity contribution in [2.75, 3.05) is 26.7 Å². The fourth-order valence-electron chi connectivity index (χ4n) is 3.50. The Morgan fingerprint density at radius 2 is 2.24 bits per heavy atom. The fourth-order valence-corrected chi connectivity index (χ4v) is 3.50. The molecule has 25 heavy (non-hydrogen) atoms. The molecule has 4 rings (SSSR count). The first-order valence-electron chi connectivity index (χ1n) is 9.08. The van der Waals surface area contributed by atoms with Crippen LogP contribution in [-0.2, 0) is 13.1 Å². The van der Waals surface area contributed by atoms with Crippen molar-refractivity contribution >= 4 is 0 Å². The third-order valence-corrected chi connectivity index (χ3v) is 5.10. The molecule has 8 nitrogen and oxygen atoms in total. The predicted octanol–water partition coefficient (Wildman–Crippen LogP) is 0.711. The van der Waals surface area contributed by atoms with E-state index in [1.54, 1.807) is 10.9 Å². The second-order valence-electron chi connectivity index (χ2n) is 7.32. The number of hydrogen-bond acceptors (Lipinski definition) is 7. The summed E-state index contributed by atoms with van der Waals surface area (Å²) < 4.78 is 7.11. The molecule has 2 aliphatic rings. The molecule has 2 atom stereocenters. The van der Waals surface area contributed by atoms with Crippen molar-refractivity contribution in [2.24, 2.45) is 0 Å². The monoisotopic (exact) mass is 346 g/mol. The van der Waals surface area contributed by atoms with Crippen molar-refractivity contribution < 1.29 is 9.63 Å². The van der Waals surface area contributed by atoms with Gasteiger partial charge in [0.1, 0.15) is 0 Å². The molecule has 0 spiro atoms. The zero-order valence-corrected chi connectivity index (χ0v) is 14.7. The molecule has 2 aromatic rings. The number of rotatable bonds is 8. The first kappa shape index (κ1) is 16.7. The maximum absolute atomic E-state index is 10.3. The number of aromatic nitrogens is 4. The van der Waals surface area contributed by atoms with Gasteiger partial charge >= 0.3 is 0 Å². The van der Waals surface area contributed by atoms with Crippen molar-refractivity contribution in [1.29, 1.82) is 0 Å². The number of likely N-dealkylation sites (N-methyl/N-ethyl adjacent to an activating group) is 1. The summed E-state index contributed by atoms with van der Waals surface area (Å²) in [5, 5.41) is 18.5. The van der Waals surface area contributed by atoms with Crippen molar-refractivity contribution in [3.8, 4) is 0 Å². The Labute approximate surface area is 147 Å². The third kappa shape index (κ3) is 4.26. The largest absolute Gasteiger partial charge is 0.390 e. The van der Waals surface area contributed by atoms with Gasteiger partial charge in [-0.05, 0) is 38.9 Å². The Bertz CT molecular complexity index is 668. The highest BCUT2D eigenvalue weighted by molar-refractivity contribution is 5.02. The quantitative estimate of drug-likeness (QED) is 0.754. The maximum Gasteiger partial charge on any atom is 0.229 e. The van der Waals surface area contributed by atoms with Crippen LogP contribution in [0.25, 0.3) is 0 Å². The smallest absolute Gasteiger partial charge is 0.229 e. The van der Waals surface area contributed by atoms with Gasteiger partial charge in [0.25, 0.3) is 0 Å². The van der Waals surface area contributed by atoms with Crippen LogP contribution in [0.2, 0.25) is 0 Å². The number of aliphatic hydroxyl groups excluding tert-OH is 1. The third-order valence-electron chi connectivity index (χ3n) is 5.10. The topological polar surface area (TPSA) is 83.5 Å². The highest BCUT2D eigenvalue weighted by Gasteiger charge is 2.31. The maximum atomic E-state index is 10.3. The predicted molar refractivity (Wildman–Crippen MR) is 90.8 cm³/mol. The minimum atomic E-state index is -0.401. The van der Waals surface area contributed by atoms with Gasteiger partial charge in [0, 0.05) is 37.4 Å². The van der Waals surface area contributed by atoms with Crippen LogP contribution in [0.3, 0.4) is 0 Å². The van der Waals surface area contributed by atoms with E-state index in [1.165, 1.54) is 12.8 Å². The van der Waals surface area contributed by atoms with Gasteiger partial charge in [-0.1, -0.05) is 5.16 Å². The van der Waals surface area contributed by atoms with Crippen LogP contribution in [0, 0.1) is 0 Å². The molecule has 8 heteroatoms. The van der Waals surface area contributed by atoms with Crippen molar-refractivity contribution in [3.63, 3.8) is 0 Å². The zero-order valence-electron chi connectivity index (χ0n) is 14.7. The average Bonchev–Trinajstić information content (AvgIpc) is 3.00. The van der Waals surface area contributed by atoms with Gasteiger partial charge in [-0.15, -0.1) is 0 Å². The summed E-state index contributed by atoms with van der Waals surface area (Å²) in [7, 11) is 2.11. The highest BCUT2D eigenvalue weighted by atomic mass is 16.5. The number of hydrogen-bond donors (Lipinski definition) is 1. The van der Waals surface area contributed by atoms with Gasteiger partial charge in [0.05, 0.1) is 19.2 Å². The minimum Gasteiger partial charge on any atom is -0.390 e. The van der Waals surface area contributed by atoms with Crippen molar-refractivity contribution in [3.05, 3.63) is 30.2 Å². The van der Waals surface area contributed by atoms with Crippen LogP contribution in [-0.4, -0.2) is 73.7 Å². The second kappa shape index (κ2) is 7.23. The molecule has 0 bridgehead atoms. The normalized spacial score (nSPS) is 22.8. The second-order valence-corrected chi connectivity index (χ2v) is 7.32. The van der Waals surface area contributed by atoms with Gasteiger partial charge in [-0.25, -0.2) is 0 Å². The standard InChI is InChI=1S/C17H26N6O2/c1-21(12-16-19-17(25-20-16)13-3-4-13)14-5-8-22(9-14)10-15(24)11-23-7-2-6-18-23/h2,6-7,13-15,24H,3-5,8-12H2,1H3/t14-,15-/m1/s1. The lowest BCUT2D eigenvalue weighted by atomic mass is 10.2. The van der Waals surface area contributed by atoms with E-state index < -0.39 is 6.10 Å². The van der Waals surface area contributed by atoms with Crippen LogP contribution in [0.4, 0.5) is 0 Å². The van der Waals surface area contributed by atoms with Crippen LogP contribution in [0.15, 0.2) is 23.0 Å². The summed E-state index contributed by atoms with van der Waals surface area (Å²) in [5.41, 5.74) is 0. The van der Waals surface area contributed by atoms with Crippen LogP contribution < -0.4 is 0 Å². The molecule has 1 saturated carbocycles. The van der Waals surface area contributed by atoms with Crippen LogP contribution in [0.1, 0.15) is 36.9 Å². The van der Waals surface area contributed by atoms with E-state index in [1.807, 2.05) is 12.3 Å². The van der Waals surface area contributed by atoms with Crippen LogP contribution in [0.5, 0.6) is 0 Å². The lowest BCUT2D eigenvalue weighted by Crippen LogP contribution is -2.37. The van der Waals surface area contributed by atoms with Gasteiger partial charge in [-0.3, -0.25) is 14.5 Å². The lowest BCUT2D eigenvalue weighted by Gasteiger charge is -2.24. The Balaban J connectivity index is 1.23. The number of likely N-dealkylation sites (tertiary alicyclic amines) is 1. The molecule has 1 saturated heterocycles. The SMILES string of the molecule is CN(Cc1noc(C2CC2)n1)[C@@H]1CCN(C[C@@H](O)Cn2cccn2)C1. The van der Waals surface area contributed by atoms with E-state index >= 15 is 0 Å². The number of nitrogens with zero attached hydrogens (tertiary/aromatic N) is 6. The molecule has 136 valence electrons. The van der Waals surface area contributed by atoms with Gasteiger partial charge in [0.15, 0.2) is 5.82 Å². The highest BCUT2D eigenvalue weighted by Crippen LogP contribution is 2.38. The zero-order chi connectivity index (χ0) is 17.2. The summed E-state index contributed by atoms with van der Waals surface area (Å²) in [6.07, 6.45) is 6.66.